The number of benzene rings is 2. The number of aromatic carboxylic acids is 1. The van der Waals surface area contributed by atoms with Crippen LogP contribution in [0.4, 0.5) is 0 Å². The second kappa shape index (κ2) is 11.6. The molecule has 0 bridgehead atoms. The fourth-order valence-corrected chi connectivity index (χ4v) is 4.39. The molecular formula is C28H34N2O4. The van der Waals surface area contributed by atoms with Gasteiger partial charge in [-0.25, -0.2) is 9.59 Å². The molecule has 1 aromatic heterocycles. The summed E-state index contributed by atoms with van der Waals surface area (Å²) in [4.78, 5) is 37.9. The molecule has 3 rings (SSSR count). The van der Waals surface area contributed by atoms with Crippen LogP contribution in [0, 0.1) is 5.92 Å². The lowest BCUT2D eigenvalue weighted by molar-refractivity contribution is 0.0696. The Morgan fingerprint density at radius 1 is 1.03 bits per heavy atom. The Bertz CT molecular complexity index is 1190. The molecular weight excluding hydrogens is 428 g/mol. The van der Waals surface area contributed by atoms with Crippen LogP contribution in [0.2, 0.25) is 0 Å². The Labute approximate surface area is 200 Å². The third-order valence-electron chi connectivity index (χ3n) is 6.21. The zero-order valence-electron chi connectivity index (χ0n) is 20.3. The lowest BCUT2D eigenvalue weighted by Crippen LogP contribution is -2.27. The van der Waals surface area contributed by atoms with Gasteiger partial charge >= 0.3 is 11.7 Å². The first kappa shape index (κ1) is 25.2. The van der Waals surface area contributed by atoms with Crippen LogP contribution in [-0.4, -0.2) is 26.5 Å². The van der Waals surface area contributed by atoms with Gasteiger partial charge in [0.05, 0.1) is 17.8 Å². The fourth-order valence-electron chi connectivity index (χ4n) is 4.39. The number of hydrogen-bond donors (Lipinski definition) is 1. The molecule has 180 valence electrons. The zero-order chi connectivity index (χ0) is 24.7. The van der Waals surface area contributed by atoms with E-state index < -0.39 is 5.97 Å². The SMILES string of the molecule is CCCCCn1c(C=O)c(CCC(C)C)n(Cc2cccc(-c3ccccc3)c2C(=O)O)c1=O. The summed E-state index contributed by atoms with van der Waals surface area (Å²) in [5.74, 6) is -0.633. The maximum Gasteiger partial charge on any atom is 0.336 e. The van der Waals surface area contributed by atoms with E-state index in [2.05, 4.69) is 20.8 Å². The summed E-state index contributed by atoms with van der Waals surface area (Å²) in [5, 5.41) is 10.1. The van der Waals surface area contributed by atoms with E-state index in [0.29, 0.717) is 41.4 Å². The van der Waals surface area contributed by atoms with E-state index in [1.807, 2.05) is 36.4 Å². The normalized spacial score (nSPS) is 11.2. The highest BCUT2D eigenvalue weighted by molar-refractivity contribution is 5.97. The van der Waals surface area contributed by atoms with Gasteiger partial charge in [-0.15, -0.1) is 0 Å². The van der Waals surface area contributed by atoms with E-state index in [1.54, 1.807) is 21.3 Å². The minimum atomic E-state index is -1.04. The number of carboxylic acid groups (broad SMARTS) is 1. The van der Waals surface area contributed by atoms with Crippen LogP contribution in [-0.2, 0) is 19.5 Å². The van der Waals surface area contributed by atoms with Gasteiger partial charge in [0.2, 0.25) is 0 Å². The molecule has 0 unspecified atom stereocenters. The summed E-state index contributed by atoms with van der Waals surface area (Å²) in [6.45, 7) is 6.89. The summed E-state index contributed by atoms with van der Waals surface area (Å²) < 4.78 is 3.18. The van der Waals surface area contributed by atoms with Crippen LogP contribution in [0.15, 0.2) is 53.3 Å². The molecule has 1 N–H and O–H groups in total. The van der Waals surface area contributed by atoms with Crippen molar-refractivity contribution < 1.29 is 14.7 Å². The Hall–Kier alpha value is -3.41. The van der Waals surface area contributed by atoms with Crippen molar-refractivity contribution in [3.8, 4) is 11.1 Å². The minimum Gasteiger partial charge on any atom is -0.478 e. The predicted molar refractivity (Wildman–Crippen MR) is 135 cm³/mol. The van der Waals surface area contributed by atoms with Crippen LogP contribution in [0.1, 0.15) is 78.6 Å². The van der Waals surface area contributed by atoms with Gasteiger partial charge in [-0.1, -0.05) is 82.1 Å². The molecule has 0 aliphatic heterocycles. The lowest BCUT2D eigenvalue weighted by Gasteiger charge is -2.14. The van der Waals surface area contributed by atoms with Crippen LogP contribution in [0.3, 0.4) is 0 Å². The maximum absolute atomic E-state index is 13.5. The number of aldehydes is 1. The molecule has 6 nitrogen and oxygen atoms in total. The van der Waals surface area contributed by atoms with Crippen molar-refractivity contribution in [2.24, 2.45) is 5.92 Å². The van der Waals surface area contributed by atoms with Crippen LogP contribution < -0.4 is 5.69 Å². The molecule has 1 heterocycles. The standard InChI is InChI=1S/C28H34N2O4/c1-4-5-9-17-29-25(19-31)24(16-15-20(2)3)30(28(29)34)18-22-13-10-14-23(26(22)27(32)33)21-11-7-6-8-12-21/h6-8,10-14,19-20H,4-5,9,15-18H2,1-3H3,(H,32,33). The fraction of sp³-hybridized carbons (Fsp3) is 0.393. The molecule has 0 atom stereocenters. The molecule has 0 radical (unpaired) electrons. The molecule has 6 heteroatoms. The number of rotatable bonds is 12. The van der Waals surface area contributed by atoms with E-state index >= 15 is 0 Å². The number of carbonyl (C=O) groups excluding carboxylic acids is 1. The van der Waals surface area contributed by atoms with Crippen molar-refractivity contribution in [1.29, 1.82) is 0 Å². The monoisotopic (exact) mass is 462 g/mol. The third-order valence-corrected chi connectivity index (χ3v) is 6.21. The lowest BCUT2D eigenvalue weighted by atomic mass is 9.95. The van der Waals surface area contributed by atoms with Gasteiger partial charge < -0.3 is 5.11 Å². The number of nitrogens with zero attached hydrogens (tertiary/aromatic N) is 2. The summed E-state index contributed by atoms with van der Waals surface area (Å²) in [5.41, 5.74) is 3.00. The first-order chi connectivity index (χ1) is 16.4. The topological polar surface area (TPSA) is 81.3 Å². The highest BCUT2D eigenvalue weighted by Gasteiger charge is 2.23. The highest BCUT2D eigenvalue weighted by Crippen LogP contribution is 2.27. The van der Waals surface area contributed by atoms with Gasteiger partial charge in [0.15, 0.2) is 6.29 Å². The third kappa shape index (κ3) is 5.56. The molecule has 0 spiro atoms. The zero-order valence-corrected chi connectivity index (χ0v) is 20.3. The van der Waals surface area contributed by atoms with Crippen molar-refractivity contribution in [3.05, 3.63) is 81.5 Å². The summed E-state index contributed by atoms with van der Waals surface area (Å²) >= 11 is 0. The minimum absolute atomic E-state index is 0.107. The second-order valence-corrected chi connectivity index (χ2v) is 9.12. The molecule has 0 saturated carbocycles. The maximum atomic E-state index is 13.5. The van der Waals surface area contributed by atoms with Crippen molar-refractivity contribution in [3.63, 3.8) is 0 Å². The number of hydrogen-bond acceptors (Lipinski definition) is 3. The predicted octanol–water partition coefficient (Wildman–Crippen LogP) is 5.65. The average molecular weight is 463 g/mol. The Morgan fingerprint density at radius 3 is 2.38 bits per heavy atom. The van der Waals surface area contributed by atoms with E-state index in [1.165, 1.54) is 0 Å². The van der Waals surface area contributed by atoms with Crippen LogP contribution in [0.25, 0.3) is 11.1 Å². The summed E-state index contributed by atoms with van der Waals surface area (Å²) in [6.07, 6.45) is 4.99. The second-order valence-electron chi connectivity index (χ2n) is 9.12. The van der Waals surface area contributed by atoms with E-state index in [-0.39, 0.29) is 17.8 Å². The molecule has 3 aromatic rings. The van der Waals surface area contributed by atoms with Gasteiger partial charge in [-0.3, -0.25) is 13.9 Å². The summed E-state index contributed by atoms with van der Waals surface area (Å²) in [6, 6.07) is 14.7. The molecule has 0 saturated heterocycles. The van der Waals surface area contributed by atoms with Crippen molar-refractivity contribution in [2.45, 2.75) is 66.0 Å². The van der Waals surface area contributed by atoms with Gasteiger partial charge in [-0.05, 0) is 41.9 Å². The smallest absolute Gasteiger partial charge is 0.336 e. The Morgan fingerprint density at radius 2 is 1.76 bits per heavy atom. The van der Waals surface area contributed by atoms with Crippen molar-refractivity contribution >= 4 is 12.3 Å². The molecule has 0 amide bonds. The first-order valence-electron chi connectivity index (χ1n) is 12.1. The van der Waals surface area contributed by atoms with E-state index in [9.17, 15) is 19.5 Å². The highest BCUT2D eigenvalue weighted by atomic mass is 16.4. The number of carbonyl (C=O) groups is 2. The Kier molecular flexibility index (Phi) is 8.63. The number of unbranched alkanes of at least 4 members (excludes halogenated alkanes) is 2. The number of carboxylic acids is 1. The molecule has 0 aliphatic rings. The van der Waals surface area contributed by atoms with Gasteiger partial charge in [0.25, 0.3) is 0 Å². The molecule has 34 heavy (non-hydrogen) atoms. The molecule has 2 aromatic carbocycles. The van der Waals surface area contributed by atoms with Gasteiger partial charge in [0.1, 0.15) is 5.69 Å². The van der Waals surface area contributed by atoms with E-state index in [4.69, 9.17) is 0 Å². The largest absolute Gasteiger partial charge is 0.478 e. The van der Waals surface area contributed by atoms with Gasteiger partial charge in [0, 0.05) is 6.54 Å². The molecule has 0 aliphatic carbocycles. The Balaban J connectivity index is 2.14. The summed E-state index contributed by atoms with van der Waals surface area (Å²) in [7, 11) is 0. The quantitative estimate of drug-likeness (QED) is 0.278. The average Bonchev–Trinajstić information content (AvgIpc) is 3.08. The van der Waals surface area contributed by atoms with Crippen LogP contribution >= 0.6 is 0 Å². The number of imidazole rings is 1. The van der Waals surface area contributed by atoms with Crippen LogP contribution in [0.5, 0.6) is 0 Å². The number of aromatic nitrogens is 2. The van der Waals surface area contributed by atoms with Gasteiger partial charge in [-0.2, -0.15) is 0 Å². The molecule has 0 fully saturated rings. The van der Waals surface area contributed by atoms with Crippen molar-refractivity contribution in [1.82, 2.24) is 9.13 Å². The first-order valence-corrected chi connectivity index (χ1v) is 12.1. The van der Waals surface area contributed by atoms with E-state index in [0.717, 1.165) is 37.5 Å². The van der Waals surface area contributed by atoms with Crippen molar-refractivity contribution in [2.75, 3.05) is 0 Å².